The van der Waals surface area contributed by atoms with Gasteiger partial charge in [-0.2, -0.15) is 0 Å². The Kier molecular flexibility index (Phi) is 7.33. The molecule has 0 amide bonds. The van der Waals surface area contributed by atoms with Crippen molar-refractivity contribution in [1.29, 1.82) is 0 Å². The standard InChI is InChI=1S/C16H35N3/c1-5-6-7-8-11-16(2,14-17)19(4)15-9-12-18(3)13-10-15/h15H,5-14,17H2,1-4H3. The molecule has 114 valence electrons. The molecule has 1 saturated heterocycles. The molecule has 0 bridgehead atoms. The zero-order valence-corrected chi connectivity index (χ0v) is 13.6. The molecule has 1 rings (SSSR count). The number of rotatable bonds is 8. The van der Waals surface area contributed by atoms with Crippen LogP contribution in [0.4, 0.5) is 0 Å². The molecule has 0 aromatic heterocycles. The van der Waals surface area contributed by atoms with Gasteiger partial charge in [0.2, 0.25) is 0 Å². The predicted octanol–water partition coefficient (Wildman–Crippen LogP) is 2.70. The third-order valence-electron chi connectivity index (χ3n) is 5.10. The molecule has 1 aliphatic rings. The van der Waals surface area contributed by atoms with E-state index in [9.17, 15) is 0 Å². The second-order valence-corrected chi connectivity index (χ2v) is 6.66. The summed E-state index contributed by atoms with van der Waals surface area (Å²) in [7, 11) is 4.52. The zero-order chi connectivity index (χ0) is 14.3. The Bertz CT molecular complexity index is 236. The molecule has 0 aliphatic carbocycles. The van der Waals surface area contributed by atoms with E-state index in [-0.39, 0.29) is 5.54 Å². The minimum atomic E-state index is 0.189. The average molecular weight is 269 g/mol. The van der Waals surface area contributed by atoms with E-state index in [0.717, 1.165) is 12.6 Å². The first-order chi connectivity index (χ1) is 9.03. The molecule has 0 aromatic rings. The lowest BCUT2D eigenvalue weighted by Crippen LogP contribution is -2.56. The molecule has 3 heteroatoms. The minimum absolute atomic E-state index is 0.189. The highest BCUT2D eigenvalue weighted by Crippen LogP contribution is 2.26. The van der Waals surface area contributed by atoms with Crippen LogP contribution in [0.1, 0.15) is 58.8 Å². The largest absolute Gasteiger partial charge is 0.329 e. The molecule has 0 aromatic carbocycles. The molecule has 0 saturated carbocycles. The normalized spacial score (nSPS) is 21.8. The van der Waals surface area contributed by atoms with Gasteiger partial charge in [-0.15, -0.1) is 0 Å². The van der Waals surface area contributed by atoms with Crippen molar-refractivity contribution in [3.63, 3.8) is 0 Å². The summed E-state index contributed by atoms with van der Waals surface area (Å²) in [6, 6.07) is 0.718. The van der Waals surface area contributed by atoms with Crippen molar-refractivity contribution >= 4 is 0 Å². The minimum Gasteiger partial charge on any atom is -0.329 e. The number of likely N-dealkylation sites (tertiary alicyclic amines) is 1. The van der Waals surface area contributed by atoms with Crippen LogP contribution in [0.25, 0.3) is 0 Å². The highest BCUT2D eigenvalue weighted by molar-refractivity contribution is 4.91. The lowest BCUT2D eigenvalue weighted by Gasteiger charge is -2.45. The summed E-state index contributed by atoms with van der Waals surface area (Å²) in [5, 5.41) is 0. The third-order valence-corrected chi connectivity index (χ3v) is 5.10. The summed E-state index contributed by atoms with van der Waals surface area (Å²) >= 11 is 0. The summed E-state index contributed by atoms with van der Waals surface area (Å²) in [6.07, 6.45) is 9.16. The summed E-state index contributed by atoms with van der Waals surface area (Å²) in [5.41, 5.74) is 6.29. The molecule has 1 atom stereocenters. The quantitative estimate of drug-likeness (QED) is 0.688. The van der Waals surface area contributed by atoms with Gasteiger partial charge in [-0.05, 0) is 53.4 Å². The van der Waals surface area contributed by atoms with Gasteiger partial charge in [0.25, 0.3) is 0 Å². The first-order valence-electron chi connectivity index (χ1n) is 8.15. The summed E-state index contributed by atoms with van der Waals surface area (Å²) in [5.74, 6) is 0. The maximum Gasteiger partial charge on any atom is 0.0303 e. The molecule has 1 fully saturated rings. The van der Waals surface area contributed by atoms with Gasteiger partial charge in [-0.25, -0.2) is 0 Å². The van der Waals surface area contributed by atoms with E-state index < -0.39 is 0 Å². The second kappa shape index (κ2) is 8.23. The SMILES string of the molecule is CCCCCCC(C)(CN)N(C)C1CCN(C)CC1. The number of piperidine rings is 1. The van der Waals surface area contributed by atoms with Gasteiger partial charge in [0.15, 0.2) is 0 Å². The van der Waals surface area contributed by atoms with Gasteiger partial charge in [0.05, 0.1) is 0 Å². The molecule has 3 nitrogen and oxygen atoms in total. The Morgan fingerprint density at radius 2 is 1.84 bits per heavy atom. The van der Waals surface area contributed by atoms with Crippen LogP contribution >= 0.6 is 0 Å². The highest BCUT2D eigenvalue weighted by Gasteiger charge is 2.33. The molecular weight excluding hydrogens is 234 g/mol. The van der Waals surface area contributed by atoms with Gasteiger partial charge in [-0.3, -0.25) is 4.90 Å². The van der Waals surface area contributed by atoms with Crippen molar-refractivity contribution in [2.75, 3.05) is 33.7 Å². The topological polar surface area (TPSA) is 32.5 Å². The molecule has 0 spiro atoms. The Morgan fingerprint density at radius 3 is 2.37 bits per heavy atom. The Labute approximate surface area is 120 Å². The van der Waals surface area contributed by atoms with Gasteiger partial charge in [0.1, 0.15) is 0 Å². The van der Waals surface area contributed by atoms with E-state index in [1.807, 2.05) is 0 Å². The average Bonchev–Trinajstić information content (AvgIpc) is 2.43. The highest BCUT2D eigenvalue weighted by atomic mass is 15.2. The molecule has 19 heavy (non-hydrogen) atoms. The van der Waals surface area contributed by atoms with Gasteiger partial charge < -0.3 is 10.6 Å². The van der Waals surface area contributed by atoms with E-state index in [1.54, 1.807) is 0 Å². The van der Waals surface area contributed by atoms with Gasteiger partial charge in [0, 0.05) is 18.1 Å². The van der Waals surface area contributed by atoms with Crippen LogP contribution in [-0.2, 0) is 0 Å². The maximum atomic E-state index is 6.10. The van der Waals surface area contributed by atoms with Crippen molar-refractivity contribution in [1.82, 2.24) is 9.80 Å². The van der Waals surface area contributed by atoms with Crippen LogP contribution < -0.4 is 5.73 Å². The number of hydrogen-bond acceptors (Lipinski definition) is 3. The van der Waals surface area contributed by atoms with Gasteiger partial charge in [-0.1, -0.05) is 32.6 Å². The van der Waals surface area contributed by atoms with Crippen LogP contribution in [0.5, 0.6) is 0 Å². The molecular formula is C16H35N3. The van der Waals surface area contributed by atoms with Crippen LogP contribution in [-0.4, -0.2) is 55.1 Å². The fourth-order valence-electron chi connectivity index (χ4n) is 3.18. The zero-order valence-electron chi connectivity index (χ0n) is 13.6. The second-order valence-electron chi connectivity index (χ2n) is 6.66. The number of likely N-dealkylation sites (N-methyl/N-ethyl adjacent to an activating group) is 1. The summed E-state index contributed by atoms with van der Waals surface area (Å²) < 4.78 is 0. The smallest absolute Gasteiger partial charge is 0.0303 e. The summed E-state index contributed by atoms with van der Waals surface area (Å²) in [4.78, 5) is 5.03. The van der Waals surface area contributed by atoms with Crippen molar-refractivity contribution < 1.29 is 0 Å². The molecule has 0 radical (unpaired) electrons. The first-order valence-corrected chi connectivity index (χ1v) is 8.15. The third kappa shape index (κ3) is 5.05. The number of nitrogens with zero attached hydrogens (tertiary/aromatic N) is 2. The number of hydrogen-bond donors (Lipinski definition) is 1. The maximum absolute atomic E-state index is 6.10. The fraction of sp³-hybridized carbons (Fsp3) is 1.00. The Balaban J connectivity index is 2.46. The predicted molar refractivity (Wildman–Crippen MR) is 84.5 cm³/mol. The fourth-order valence-corrected chi connectivity index (χ4v) is 3.18. The Morgan fingerprint density at radius 1 is 1.21 bits per heavy atom. The molecule has 1 heterocycles. The molecule has 1 unspecified atom stereocenters. The summed E-state index contributed by atoms with van der Waals surface area (Å²) in [6.45, 7) is 7.86. The van der Waals surface area contributed by atoms with E-state index in [4.69, 9.17) is 5.73 Å². The van der Waals surface area contributed by atoms with Crippen LogP contribution in [0.15, 0.2) is 0 Å². The van der Waals surface area contributed by atoms with Crippen LogP contribution in [0.2, 0.25) is 0 Å². The number of nitrogens with two attached hydrogens (primary N) is 1. The van der Waals surface area contributed by atoms with E-state index in [2.05, 4.69) is 37.7 Å². The number of unbranched alkanes of at least 4 members (excludes halogenated alkanes) is 3. The van der Waals surface area contributed by atoms with E-state index in [0.29, 0.717) is 0 Å². The van der Waals surface area contributed by atoms with Gasteiger partial charge >= 0.3 is 0 Å². The van der Waals surface area contributed by atoms with Crippen molar-refractivity contribution in [3.8, 4) is 0 Å². The molecule has 1 aliphatic heterocycles. The van der Waals surface area contributed by atoms with Crippen molar-refractivity contribution in [3.05, 3.63) is 0 Å². The van der Waals surface area contributed by atoms with Crippen LogP contribution in [0.3, 0.4) is 0 Å². The van der Waals surface area contributed by atoms with Crippen LogP contribution in [0, 0.1) is 0 Å². The first kappa shape index (κ1) is 16.9. The van der Waals surface area contributed by atoms with E-state index >= 15 is 0 Å². The lowest BCUT2D eigenvalue weighted by molar-refractivity contribution is 0.0473. The monoisotopic (exact) mass is 269 g/mol. The van der Waals surface area contributed by atoms with Crippen molar-refractivity contribution in [2.45, 2.75) is 70.4 Å². The molecule has 2 N–H and O–H groups in total. The van der Waals surface area contributed by atoms with E-state index in [1.165, 1.54) is 58.0 Å². The van der Waals surface area contributed by atoms with Crippen molar-refractivity contribution in [2.24, 2.45) is 5.73 Å². The Hall–Kier alpha value is -0.120. The lowest BCUT2D eigenvalue weighted by atomic mass is 9.89.